The molecule has 0 rings (SSSR count). The molecular formula is C5H5BrF4. The first-order valence-electron chi connectivity index (χ1n) is 2.33. The molecule has 0 amide bonds. The standard InChI is InChI=1S/C5H5BrF4/c1-3(2-6)5(9,10)4(7)8/h4H,1-2H2. The van der Waals surface area contributed by atoms with Crippen molar-refractivity contribution in [2.45, 2.75) is 12.3 Å². The number of hydrogen-bond donors (Lipinski definition) is 0. The van der Waals surface area contributed by atoms with Gasteiger partial charge < -0.3 is 0 Å². The predicted octanol–water partition coefficient (Wildman–Crippen LogP) is 2.84. The molecule has 0 aliphatic heterocycles. The lowest BCUT2D eigenvalue weighted by atomic mass is 10.2. The second-order valence-electron chi connectivity index (χ2n) is 1.66. The van der Waals surface area contributed by atoms with Gasteiger partial charge in [-0.3, -0.25) is 0 Å². The van der Waals surface area contributed by atoms with Crippen LogP contribution >= 0.6 is 15.9 Å². The Morgan fingerprint density at radius 2 is 1.90 bits per heavy atom. The van der Waals surface area contributed by atoms with Crippen LogP contribution in [0.2, 0.25) is 0 Å². The molecule has 10 heavy (non-hydrogen) atoms. The summed E-state index contributed by atoms with van der Waals surface area (Å²) in [6.45, 7) is 2.79. The van der Waals surface area contributed by atoms with E-state index in [1.54, 1.807) is 0 Å². The lowest BCUT2D eigenvalue weighted by Gasteiger charge is -2.15. The number of allylic oxidation sites excluding steroid dienone is 1. The van der Waals surface area contributed by atoms with Crippen LogP contribution in [0.3, 0.4) is 0 Å². The van der Waals surface area contributed by atoms with E-state index in [-0.39, 0.29) is 5.33 Å². The van der Waals surface area contributed by atoms with Crippen molar-refractivity contribution in [1.29, 1.82) is 0 Å². The van der Waals surface area contributed by atoms with Crippen LogP contribution in [0, 0.1) is 0 Å². The van der Waals surface area contributed by atoms with Crippen LogP contribution in [-0.2, 0) is 0 Å². The number of alkyl halides is 5. The Morgan fingerprint density at radius 1 is 1.50 bits per heavy atom. The molecule has 0 fully saturated rings. The van der Waals surface area contributed by atoms with Crippen molar-refractivity contribution in [2.75, 3.05) is 5.33 Å². The van der Waals surface area contributed by atoms with Crippen LogP contribution in [0.25, 0.3) is 0 Å². The van der Waals surface area contributed by atoms with Crippen molar-refractivity contribution >= 4 is 15.9 Å². The molecule has 0 saturated heterocycles. The van der Waals surface area contributed by atoms with Gasteiger partial charge in [0.1, 0.15) is 0 Å². The van der Waals surface area contributed by atoms with Crippen LogP contribution in [0.1, 0.15) is 0 Å². The highest BCUT2D eigenvalue weighted by Crippen LogP contribution is 2.30. The molecule has 0 aromatic carbocycles. The van der Waals surface area contributed by atoms with Crippen molar-refractivity contribution in [3.05, 3.63) is 12.2 Å². The van der Waals surface area contributed by atoms with Crippen LogP contribution in [-0.4, -0.2) is 17.7 Å². The highest BCUT2D eigenvalue weighted by Gasteiger charge is 2.42. The molecule has 0 spiro atoms. The molecule has 0 bridgehead atoms. The van der Waals surface area contributed by atoms with Gasteiger partial charge in [0.05, 0.1) is 0 Å². The Labute approximate surface area is 64.0 Å². The van der Waals surface area contributed by atoms with Crippen molar-refractivity contribution in [1.82, 2.24) is 0 Å². The van der Waals surface area contributed by atoms with E-state index in [2.05, 4.69) is 22.5 Å². The zero-order chi connectivity index (χ0) is 8.36. The second kappa shape index (κ2) is 3.37. The topological polar surface area (TPSA) is 0 Å². The van der Waals surface area contributed by atoms with Crippen LogP contribution in [0.5, 0.6) is 0 Å². The highest BCUT2D eigenvalue weighted by molar-refractivity contribution is 9.09. The lowest BCUT2D eigenvalue weighted by molar-refractivity contribution is -0.0983. The zero-order valence-electron chi connectivity index (χ0n) is 4.88. The molecule has 0 heterocycles. The molecule has 0 nitrogen and oxygen atoms in total. The first-order chi connectivity index (χ1) is 4.42. The molecule has 60 valence electrons. The van der Waals surface area contributed by atoms with Gasteiger partial charge in [0.25, 0.3) is 0 Å². The van der Waals surface area contributed by atoms with Gasteiger partial charge in [-0.15, -0.1) is 0 Å². The third kappa shape index (κ3) is 1.97. The summed E-state index contributed by atoms with van der Waals surface area (Å²) >= 11 is 2.61. The van der Waals surface area contributed by atoms with E-state index in [9.17, 15) is 17.6 Å². The van der Waals surface area contributed by atoms with Gasteiger partial charge >= 0.3 is 12.3 Å². The van der Waals surface area contributed by atoms with Gasteiger partial charge in [0.15, 0.2) is 0 Å². The van der Waals surface area contributed by atoms with Crippen LogP contribution < -0.4 is 0 Å². The number of halogens is 5. The van der Waals surface area contributed by atoms with E-state index < -0.39 is 17.9 Å². The minimum absolute atomic E-state index is 0.315. The van der Waals surface area contributed by atoms with Gasteiger partial charge in [-0.05, 0) is 0 Å². The molecule has 0 N–H and O–H groups in total. The minimum atomic E-state index is -4.07. The fourth-order valence-corrected chi connectivity index (χ4v) is 0.617. The van der Waals surface area contributed by atoms with E-state index in [4.69, 9.17) is 0 Å². The molecular weight excluding hydrogens is 216 g/mol. The summed E-state index contributed by atoms with van der Waals surface area (Å²) in [5.41, 5.74) is -0.803. The molecule has 0 unspecified atom stereocenters. The summed E-state index contributed by atoms with van der Waals surface area (Å²) in [4.78, 5) is 0. The van der Waals surface area contributed by atoms with Gasteiger partial charge in [-0.25, -0.2) is 8.78 Å². The van der Waals surface area contributed by atoms with E-state index in [1.807, 2.05) is 0 Å². The van der Waals surface area contributed by atoms with Crippen molar-refractivity contribution < 1.29 is 17.6 Å². The van der Waals surface area contributed by atoms with Crippen molar-refractivity contribution in [3.63, 3.8) is 0 Å². The molecule has 5 heteroatoms. The van der Waals surface area contributed by atoms with Gasteiger partial charge in [0.2, 0.25) is 0 Å². The normalized spacial score (nSPS) is 12.2. The van der Waals surface area contributed by atoms with Gasteiger partial charge in [0, 0.05) is 10.9 Å². The SMILES string of the molecule is C=C(CBr)C(F)(F)C(F)F. The average Bonchev–Trinajstić information content (AvgIpc) is 1.86. The molecule has 0 aromatic heterocycles. The Bertz CT molecular complexity index is 132. The summed E-state index contributed by atoms with van der Waals surface area (Å²) in [6.07, 6.45) is -3.67. The third-order valence-electron chi connectivity index (χ3n) is 0.907. The first-order valence-corrected chi connectivity index (χ1v) is 3.45. The largest absolute Gasteiger partial charge is 0.329 e. The molecule has 0 atom stereocenters. The summed E-state index contributed by atoms with van der Waals surface area (Å²) in [5.74, 6) is -4.07. The summed E-state index contributed by atoms with van der Waals surface area (Å²) in [5, 5.41) is -0.315. The maximum atomic E-state index is 12.1. The van der Waals surface area contributed by atoms with Gasteiger partial charge in [-0.2, -0.15) is 8.78 Å². The average molecular weight is 221 g/mol. The van der Waals surface area contributed by atoms with E-state index in [0.29, 0.717) is 0 Å². The van der Waals surface area contributed by atoms with Crippen molar-refractivity contribution in [2.24, 2.45) is 0 Å². The monoisotopic (exact) mass is 220 g/mol. The Morgan fingerprint density at radius 3 is 2.00 bits per heavy atom. The fraction of sp³-hybridized carbons (Fsp3) is 0.600. The first kappa shape index (κ1) is 9.94. The van der Waals surface area contributed by atoms with Gasteiger partial charge in [-0.1, -0.05) is 22.5 Å². The van der Waals surface area contributed by atoms with Crippen molar-refractivity contribution in [3.8, 4) is 0 Å². The zero-order valence-corrected chi connectivity index (χ0v) is 6.47. The minimum Gasteiger partial charge on any atom is -0.203 e. The summed E-state index contributed by atoms with van der Waals surface area (Å²) < 4.78 is 47.0. The summed E-state index contributed by atoms with van der Waals surface area (Å²) in [7, 11) is 0. The molecule has 0 saturated carbocycles. The molecule has 0 aromatic rings. The predicted molar refractivity (Wildman–Crippen MR) is 33.9 cm³/mol. The van der Waals surface area contributed by atoms with Crippen LogP contribution in [0.4, 0.5) is 17.6 Å². The summed E-state index contributed by atoms with van der Waals surface area (Å²) in [6, 6.07) is 0. The van der Waals surface area contributed by atoms with E-state index in [1.165, 1.54) is 0 Å². The maximum absolute atomic E-state index is 12.1. The Kier molecular flexibility index (Phi) is 3.35. The maximum Gasteiger partial charge on any atom is 0.329 e. The Hall–Kier alpha value is -0.0600. The second-order valence-corrected chi connectivity index (χ2v) is 2.22. The van der Waals surface area contributed by atoms with Crippen LogP contribution in [0.15, 0.2) is 12.2 Å². The van der Waals surface area contributed by atoms with E-state index >= 15 is 0 Å². The quantitative estimate of drug-likeness (QED) is 0.390. The fourth-order valence-electron chi connectivity index (χ4n) is 0.243. The Balaban J connectivity index is 4.24. The molecule has 0 aliphatic carbocycles. The van der Waals surface area contributed by atoms with E-state index in [0.717, 1.165) is 0 Å². The lowest BCUT2D eigenvalue weighted by Crippen LogP contribution is -2.29. The number of rotatable bonds is 3. The smallest absolute Gasteiger partial charge is 0.203 e. The number of hydrogen-bond acceptors (Lipinski definition) is 0. The third-order valence-corrected chi connectivity index (χ3v) is 1.58. The highest BCUT2D eigenvalue weighted by atomic mass is 79.9. The molecule has 0 aliphatic rings. The molecule has 0 radical (unpaired) electrons.